The minimum atomic E-state index is -0.563. The van der Waals surface area contributed by atoms with E-state index in [1.54, 1.807) is 12.1 Å². The fraction of sp³-hybridized carbons (Fsp3) is 0.794. The predicted molar refractivity (Wildman–Crippen MR) is 166 cm³/mol. The van der Waals surface area contributed by atoms with Crippen molar-refractivity contribution >= 4 is 17.7 Å². The Kier molecular flexibility index (Phi) is 11.7. The molecule has 0 saturated heterocycles. The number of phenolic OH excluding ortho intramolecular Hbond substituents is 1. The van der Waals surface area contributed by atoms with Crippen molar-refractivity contribution in [3.8, 4) is 5.75 Å². The number of aliphatic hydroxyl groups excluding tert-OH is 2. The normalized spacial score (nSPS) is 30.9. The molecule has 0 heterocycles. The summed E-state index contributed by atoms with van der Waals surface area (Å²) in [4.78, 5) is 14.0. The third kappa shape index (κ3) is 7.21. The van der Waals surface area contributed by atoms with Crippen LogP contribution in [0.25, 0.3) is 0 Å². The first kappa shape index (κ1) is 31.7. The van der Waals surface area contributed by atoms with Crippen LogP contribution in [0, 0.1) is 17.3 Å². The molecule has 1 aromatic carbocycles. The maximum Gasteiger partial charge on any atom is 0.222 e. The van der Waals surface area contributed by atoms with Crippen molar-refractivity contribution in [1.29, 1.82) is 0 Å². The minimum absolute atomic E-state index is 0.0353. The van der Waals surface area contributed by atoms with Gasteiger partial charge in [-0.25, -0.2) is 0 Å². The molecule has 3 N–H and O–H groups in total. The maximum atomic E-state index is 12.1. The van der Waals surface area contributed by atoms with Crippen molar-refractivity contribution in [3.63, 3.8) is 0 Å². The molecule has 4 rings (SSSR count). The Labute approximate surface area is 247 Å². The van der Waals surface area contributed by atoms with Crippen LogP contribution in [0.1, 0.15) is 133 Å². The van der Waals surface area contributed by atoms with Crippen molar-refractivity contribution in [3.05, 3.63) is 29.3 Å². The lowest BCUT2D eigenvalue weighted by atomic mass is 9.55. The Morgan fingerprint density at radius 3 is 2.40 bits per heavy atom. The van der Waals surface area contributed by atoms with Crippen LogP contribution >= 0.6 is 11.8 Å². The predicted octanol–water partition coefficient (Wildman–Crippen LogP) is 7.58. The highest BCUT2D eigenvalue weighted by Gasteiger charge is 2.58. The van der Waals surface area contributed by atoms with Crippen LogP contribution in [-0.2, 0) is 4.79 Å². The molecule has 40 heavy (non-hydrogen) atoms. The molecule has 0 radical (unpaired) electrons. The Hall–Kier alpha value is -1.24. The standard InChI is InChI=1S/C34H55NO4S/c1-4-5-21-35(3)30(38)14-12-10-8-6-7-9-11-13-22-40-33-31-26(19-20-34(2)28(31)17-18-29(34)37)25-16-15-24(36)23-27(25)32(33)39/h15-16,23,26,28-29,31-33,36-37,39H,4-14,17-22H2,1-3H3/t26?,28?,29-,31?,32?,33-,34-/m0/s1. The molecule has 1 aromatic rings. The summed E-state index contributed by atoms with van der Waals surface area (Å²) in [6.07, 6.45) is 15.7. The summed E-state index contributed by atoms with van der Waals surface area (Å²) in [7, 11) is 1.93. The SMILES string of the molecule is CCCCN(C)C(=O)CCCCCCCCCCS[C@@H]1C(O)c2cc(O)ccc2C2CC[C@@]3(C)C(CC[C@@H]3O)C21. The number of benzene rings is 1. The second-order valence-corrected chi connectivity index (χ2v) is 14.6. The van der Waals surface area contributed by atoms with Crippen molar-refractivity contribution in [2.45, 2.75) is 134 Å². The van der Waals surface area contributed by atoms with Gasteiger partial charge in [0, 0.05) is 25.3 Å². The molecule has 6 heteroatoms. The molecule has 0 bridgehead atoms. The first-order valence-electron chi connectivity index (χ1n) is 16.3. The largest absolute Gasteiger partial charge is 0.508 e. The molecule has 2 fully saturated rings. The lowest BCUT2D eigenvalue weighted by Crippen LogP contribution is -2.49. The van der Waals surface area contributed by atoms with Crippen LogP contribution < -0.4 is 0 Å². The van der Waals surface area contributed by atoms with Gasteiger partial charge < -0.3 is 20.2 Å². The lowest BCUT2D eigenvalue weighted by Gasteiger charge is -2.54. The van der Waals surface area contributed by atoms with Gasteiger partial charge in [-0.15, -0.1) is 0 Å². The van der Waals surface area contributed by atoms with E-state index in [4.69, 9.17) is 0 Å². The summed E-state index contributed by atoms with van der Waals surface area (Å²) < 4.78 is 0. The van der Waals surface area contributed by atoms with Crippen molar-refractivity contribution in [2.75, 3.05) is 19.3 Å². The van der Waals surface area contributed by atoms with Gasteiger partial charge in [0.15, 0.2) is 0 Å². The monoisotopic (exact) mass is 573 g/mol. The third-order valence-corrected chi connectivity index (χ3v) is 12.1. The Bertz CT molecular complexity index is 956. The van der Waals surface area contributed by atoms with Crippen LogP contribution in [0.4, 0.5) is 0 Å². The molecule has 0 spiro atoms. The lowest BCUT2D eigenvalue weighted by molar-refractivity contribution is -0.130. The molecule has 3 aliphatic carbocycles. The van der Waals surface area contributed by atoms with E-state index in [1.807, 2.05) is 29.8 Å². The van der Waals surface area contributed by atoms with Gasteiger partial charge in [0.2, 0.25) is 5.91 Å². The molecule has 0 aromatic heterocycles. The van der Waals surface area contributed by atoms with Gasteiger partial charge in [-0.1, -0.05) is 64.9 Å². The number of fused-ring (bicyclic) bond motifs is 5. The van der Waals surface area contributed by atoms with Crippen molar-refractivity contribution in [1.82, 2.24) is 4.90 Å². The highest BCUT2D eigenvalue weighted by atomic mass is 32.2. The smallest absolute Gasteiger partial charge is 0.222 e. The number of carbonyl (C=O) groups is 1. The minimum Gasteiger partial charge on any atom is -0.508 e. The van der Waals surface area contributed by atoms with Crippen LogP contribution in [0.3, 0.4) is 0 Å². The van der Waals surface area contributed by atoms with E-state index in [0.29, 0.717) is 30.1 Å². The molecule has 5 nitrogen and oxygen atoms in total. The Morgan fingerprint density at radius 1 is 0.975 bits per heavy atom. The van der Waals surface area contributed by atoms with E-state index in [1.165, 1.54) is 44.1 Å². The molecule has 0 aliphatic heterocycles. The number of nitrogens with zero attached hydrogens (tertiary/aromatic N) is 1. The molecular weight excluding hydrogens is 518 g/mol. The Balaban J connectivity index is 1.19. The number of aromatic hydroxyl groups is 1. The van der Waals surface area contributed by atoms with Crippen molar-refractivity contribution in [2.24, 2.45) is 17.3 Å². The first-order chi connectivity index (χ1) is 19.3. The zero-order valence-electron chi connectivity index (χ0n) is 25.3. The van der Waals surface area contributed by atoms with Crippen LogP contribution in [-0.4, -0.2) is 56.8 Å². The summed E-state index contributed by atoms with van der Waals surface area (Å²) in [5, 5.41) is 32.8. The number of amides is 1. The van der Waals surface area contributed by atoms with Crippen LogP contribution in [0.15, 0.2) is 18.2 Å². The highest BCUT2D eigenvalue weighted by molar-refractivity contribution is 7.99. The highest BCUT2D eigenvalue weighted by Crippen LogP contribution is 2.64. The van der Waals surface area contributed by atoms with Crippen LogP contribution in [0.2, 0.25) is 0 Å². The number of carbonyl (C=O) groups excluding carboxylic acids is 1. The number of hydrogen-bond acceptors (Lipinski definition) is 5. The van der Waals surface area contributed by atoms with Gasteiger partial charge in [-0.05, 0) is 97.1 Å². The number of thioether (sulfide) groups is 1. The van der Waals surface area contributed by atoms with E-state index in [-0.39, 0.29) is 22.5 Å². The second-order valence-electron chi connectivity index (χ2n) is 13.3. The van der Waals surface area contributed by atoms with E-state index >= 15 is 0 Å². The number of rotatable bonds is 15. The fourth-order valence-corrected chi connectivity index (χ4v) is 9.68. The first-order valence-corrected chi connectivity index (χ1v) is 17.4. The van der Waals surface area contributed by atoms with Crippen LogP contribution in [0.5, 0.6) is 5.75 Å². The maximum absolute atomic E-state index is 12.1. The topological polar surface area (TPSA) is 81.0 Å². The number of hydrogen-bond donors (Lipinski definition) is 3. The zero-order valence-corrected chi connectivity index (χ0v) is 26.1. The molecule has 4 unspecified atom stereocenters. The summed E-state index contributed by atoms with van der Waals surface area (Å²) in [6, 6.07) is 5.62. The van der Waals surface area contributed by atoms with Gasteiger partial charge in [-0.3, -0.25) is 4.79 Å². The third-order valence-electron chi connectivity index (χ3n) is 10.6. The van der Waals surface area contributed by atoms with Gasteiger partial charge in [0.25, 0.3) is 0 Å². The Morgan fingerprint density at radius 2 is 1.68 bits per heavy atom. The van der Waals surface area contributed by atoms with Crippen molar-refractivity contribution < 1.29 is 20.1 Å². The molecule has 7 atom stereocenters. The molecule has 1 amide bonds. The number of phenols is 1. The number of aliphatic hydroxyl groups is 2. The number of unbranched alkanes of at least 4 members (excludes halogenated alkanes) is 8. The summed E-state index contributed by atoms with van der Waals surface area (Å²) in [5.41, 5.74) is 2.12. The summed E-state index contributed by atoms with van der Waals surface area (Å²) in [5.74, 6) is 2.82. The van der Waals surface area contributed by atoms with Gasteiger partial charge in [-0.2, -0.15) is 11.8 Å². The van der Waals surface area contributed by atoms with E-state index in [2.05, 4.69) is 13.8 Å². The quantitative estimate of drug-likeness (QED) is 0.188. The van der Waals surface area contributed by atoms with Gasteiger partial charge >= 0.3 is 0 Å². The average molecular weight is 574 g/mol. The van der Waals surface area contributed by atoms with E-state index in [0.717, 1.165) is 69.2 Å². The van der Waals surface area contributed by atoms with Gasteiger partial charge in [0.1, 0.15) is 5.75 Å². The van der Waals surface area contributed by atoms with E-state index < -0.39 is 6.10 Å². The molecule has 2 saturated carbocycles. The van der Waals surface area contributed by atoms with E-state index in [9.17, 15) is 20.1 Å². The summed E-state index contributed by atoms with van der Waals surface area (Å²) >= 11 is 1.94. The fourth-order valence-electron chi connectivity index (χ4n) is 8.10. The molecular formula is C34H55NO4S. The summed E-state index contributed by atoms with van der Waals surface area (Å²) in [6.45, 7) is 5.33. The average Bonchev–Trinajstić information content (AvgIpc) is 3.25. The molecule has 3 aliphatic rings. The van der Waals surface area contributed by atoms with Gasteiger partial charge in [0.05, 0.1) is 12.2 Å². The molecule has 226 valence electrons. The second kappa shape index (κ2) is 14.8. The zero-order chi connectivity index (χ0) is 28.7.